The quantitative estimate of drug-likeness (QED) is 0.369. The number of urea groups is 2. The number of hydrogen-bond donors (Lipinski definition) is 5. The summed E-state index contributed by atoms with van der Waals surface area (Å²) in [5.41, 5.74) is 2.75. The maximum absolute atomic E-state index is 12.2. The second-order valence-corrected chi connectivity index (χ2v) is 6.92. The van der Waals surface area contributed by atoms with E-state index in [1.807, 2.05) is 48.5 Å². The van der Waals surface area contributed by atoms with Gasteiger partial charge in [-0.1, -0.05) is 54.6 Å². The highest BCUT2D eigenvalue weighted by Crippen LogP contribution is 2.16. The summed E-state index contributed by atoms with van der Waals surface area (Å²) in [6.07, 6.45) is 0.116. The van der Waals surface area contributed by atoms with Crippen LogP contribution < -0.4 is 26.6 Å². The van der Waals surface area contributed by atoms with Crippen LogP contribution in [0.4, 0.5) is 26.7 Å². The van der Waals surface area contributed by atoms with Gasteiger partial charge in [-0.3, -0.25) is 4.79 Å². The predicted molar refractivity (Wildman–Crippen MR) is 125 cm³/mol. The molecule has 8 nitrogen and oxygen atoms in total. The Hall–Kier alpha value is -4.33. The Labute approximate surface area is 186 Å². The van der Waals surface area contributed by atoms with Crippen LogP contribution in [0.2, 0.25) is 0 Å². The molecule has 0 saturated carbocycles. The molecule has 8 heteroatoms. The first kappa shape index (κ1) is 22.4. The number of para-hydroxylation sites is 1. The maximum Gasteiger partial charge on any atom is 0.323 e. The van der Waals surface area contributed by atoms with Gasteiger partial charge in [-0.2, -0.15) is 0 Å². The molecule has 32 heavy (non-hydrogen) atoms. The van der Waals surface area contributed by atoms with Crippen LogP contribution in [-0.2, 0) is 11.3 Å². The fourth-order valence-corrected chi connectivity index (χ4v) is 2.84. The molecule has 0 saturated heterocycles. The Kier molecular flexibility index (Phi) is 8.21. The molecular formula is C24H25N5O3. The lowest BCUT2D eigenvalue weighted by Gasteiger charge is -2.10. The average Bonchev–Trinajstić information content (AvgIpc) is 2.79. The molecule has 0 aliphatic heterocycles. The minimum Gasteiger partial charge on any atom is -0.338 e. The Morgan fingerprint density at radius 3 is 1.91 bits per heavy atom. The molecule has 5 N–H and O–H groups in total. The zero-order valence-corrected chi connectivity index (χ0v) is 17.4. The van der Waals surface area contributed by atoms with Crippen molar-refractivity contribution >= 4 is 35.0 Å². The summed E-state index contributed by atoms with van der Waals surface area (Å²) < 4.78 is 0. The number of amides is 5. The van der Waals surface area contributed by atoms with Crippen LogP contribution in [-0.4, -0.2) is 24.5 Å². The summed E-state index contributed by atoms with van der Waals surface area (Å²) in [4.78, 5) is 36.1. The third-order valence-corrected chi connectivity index (χ3v) is 4.37. The topological polar surface area (TPSA) is 111 Å². The summed E-state index contributed by atoms with van der Waals surface area (Å²) >= 11 is 0. The summed E-state index contributed by atoms with van der Waals surface area (Å²) in [6, 6.07) is 24.7. The van der Waals surface area contributed by atoms with E-state index < -0.39 is 0 Å². The van der Waals surface area contributed by atoms with Crippen molar-refractivity contribution in [1.82, 2.24) is 10.6 Å². The maximum atomic E-state index is 12.2. The predicted octanol–water partition coefficient (Wildman–Crippen LogP) is 4.16. The Bertz CT molecular complexity index is 1040. The number of hydrogen-bond acceptors (Lipinski definition) is 3. The van der Waals surface area contributed by atoms with Crippen molar-refractivity contribution in [2.24, 2.45) is 0 Å². The molecule has 0 unspecified atom stereocenters. The molecule has 0 heterocycles. The third kappa shape index (κ3) is 7.83. The number of benzene rings is 3. The lowest BCUT2D eigenvalue weighted by atomic mass is 10.2. The first-order valence-electron chi connectivity index (χ1n) is 10.2. The van der Waals surface area contributed by atoms with Crippen molar-refractivity contribution in [3.8, 4) is 0 Å². The van der Waals surface area contributed by atoms with Crippen molar-refractivity contribution in [2.45, 2.75) is 13.0 Å². The van der Waals surface area contributed by atoms with E-state index in [4.69, 9.17) is 0 Å². The number of rotatable bonds is 8. The molecule has 0 spiro atoms. The van der Waals surface area contributed by atoms with E-state index in [9.17, 15) is 14.4 Å². The largest absolute Gasteiger partial charge is 0.338 e. The third-order valence-electron chi connectivity index (χ3n) is 4.37. The van der Waals surface area contributed by atoms with Gasteiger partial charge in [0.15, 0.2) is 0 Å². The van der Waals surface area contributed by atoms with Gasteiger partial charge in [0.05, 0.1) is 0 Å². The zero-order chi connectivity index (χ0) is 22.6. The smallest absolute Gasteiger partial charge is 0.323 e. The Morgan fingerprint density at radius 1 is 0.594 bits per heavy atom. The molecule has 3 aromatic carbocycles. The van der Waals surface area contributed by atoms with Crippen LogP contribution in [0.5, 0.6) is 0 Å². The molecule has 0 aliphatic carbocycles. The SMILES string of the molecule is O=C(CCNC(=O)NCc1ccccc1)Nc1cccc(NC(=O)Nc2ccccc2)c1. The number of nitrogens with one attached hydrogen (secondary N) is 5. The monoisotopic (exact) mass is 431 g/mol. The van der Waals surface area contributed by atoms with Crippen LogP contribution in [0.25, 0.3) is 0 Å². The molecule has 3 aromatic rings. The fraction of sp³-hybridized carbons (Fsp3) is 0.125. The molecule has 0 radical (unpaired) electrons. The van der Waals surface area contributed by atoms with Gasteiger partial charge in [-0.25, -0.2) is 9.59 Å². The standard InChI is InChI=1S/C24H25N5O3/c30-22(14-15-25-23(31)26-17-18-8-3-1-4-9-18)27-20-12-7-13-21(16-20)29-24(32)28-19-10-5-2-6-11-19/h1-13,16H,14-15,17H2,(H,27,30)(H2,25,26,31)(H2,28,29,32). The van der Waals surface area contributed by atoms with Crippen LogP contribution in [0.1, 0.15) is 12.0 Å². The Morgan fingerprint density at radius 2 is 1.19 bits per heavy atom. The minimum atomic E-state index is -0.384. The van der Waals surface area contributed by atoms with Crippen LogP contribution in [0.15, 0.2) is 84.9 Å². The highest BCUT2D eigenvalue weighted by atomic mass is 16.2. The first-order chi connectivity index (χ1) is 15.6. The van der Waals surface area contributed by atoms with E-state index in [-0.39, 0.29) is 30.9 Å². The first-order valence-corrected chi connectivity index (χ1v) is 10.2. The van der Waals surface area contributed by atoms with Crippen molar-refractivity contribution in [2.75, 3.05) is 22.5 Å². The molecule has 0 fully saturated rings. The van der Waals surface area contributed by atoms with Crippen LogP contribution >= 0.6 is 0 Å². The fourth-order valence-electron chi connectivity index (χ4n) is 2.84. The van der Waals surface area contributed by atoms with E-state index in [2.05, 4.69) is 26.6 Å². The molecule has 0 aromatic heterocycles. The van der Waals surface area contributed by atoms with E-state index in [1.54, 1.807) is 36.4 Å². The summed E-state index contributed by atoms with van der Waals surface area (Å²) in [5.74, 6) is -0.251. The number of anilines is 3. The lowest BCUT2D eigenvalue weighted by molar-refractivity contribution is -0.116. The zero-order valence-electron chi connectivity index (χ0n) is 17.4. The second-order valence-electron chi connectivity index (χ2n) is 6.92. The minimum absolute atomic E-state index is 0.116. The van der Waals surface area contributed by atoms with Crippen molar-refractivity contribution in [1.29, 1.82) is 0 Å². The highest BCUT2D eigenvalue weighted by Gasteiger charge is 2.07. The summed E-state index contributed by atoms with van der Waals surface area (Å²) in [5, 5.41) is 13.6. The highest BCUT2D eigenvalue weighted by molar-refractivity contribution is 6.00. The van der Waals surface area contributed by atoms with E-state index in [0.29, 0.717) is 23.6 Å². The van der Waals surface area contributed by atoms with Crippen molar-refractivity contribution in [3.63, 3.8) is 0 Å². The molecule has 0 bridgehead atoms. The van der Waals surface area contributed by atoms with Gasteiger partial charge >= 0.3 is 12.1 Å². The number of carbonyl (C=O) groups is 3. The van der Waals surface area contributed by atoms with E-state index >= 15 is 0 Å². The van der Waals surface area contributed by atoms with Crippen LogP contribution in [0, 0.1) is 0 Å². The van der Waals surface area contributed by atoms with Gasteiger partial charge < -0.3 is 26.6 Å². The second kappa shape index (κ2) is 11.8. The molecule has 0 atom stereocenters. The normalized spacial score (nSPS) is 10.0. The van der Waals surface area contributed by atoms with Gasteiger partial charge in [0.1, 0.15) is 0 Å². The molecule has 3 rings (SSSR count). The Balaban J connectivity index is 1.38. The number of carbonyl (C=O) groups excluding carboxylic acids is 3. The summed E-state index contributed by atoms with van der Waals surface area (Å²) in [7, 11) is 0. The van der Waals surface area contributed by atoms with Gasteiger partial charge in [-0.05, 0) is 35.9 Å². The molecule has 5 amide bonds. The van der Waals surface area contributed by atoms with Crippen molar-refractivity contribution in [3.05, 3.63) is 90.5 Å². The van der Waals surface area contributed by atoms with Gasteiger partial charge in [0, 0.05) is 36.6 Å². The van der Waals surface area contributed by atoms with Gasteiger partial charge in [-0.15, -0.1) is 0 Å². The molecule has 164 valence electrons. The van der Waals surface area contributed by atoms with E-state index in [0.717, 1.165) is 5.56 Å². The van der Waals surface area contributed by atoms with Crippen LogP contribution in [0.3, 0.4) is 0 Å². The molecule has 0 aliphatic rings. The lowest BCUT2D eigenvalue weighted by Crippen LogP contribution is -2.36. The van der Waals surface area contributed by atoms with Gasteiger partial charge in [0.2, 0.25) is 5.91 Å². The molecular weight excluding hydrogens is 406 g/mol. The average molecular weight is 431 g/mol. The van der Waals surface area contributed by atoms with Gasteiger partial charge in [0.25, 0.3) is 0 Å². The van der Waals surface area contributed by atoms with E-state index in [1.165, 1.54) is 0 Å². The summed E-state index contributed by atoms with van der Waals surface area (Å²) in [6.45, 7) is 0.611. The van der Waals surface area contributed by atoms with Crippen molar-refractivity contribution < 1.29 is 14.4 Å².